The Morgan fingerprint density at radius 3 is 2.80 bits per heavy atom. The molecule has 0 radical (unpaired) electrons. The number of nitrogens with zero attached hydrogens (tertiary/aromatic N) is 1. The highest BCUT2D eigenvalue weighted by Crippen LogP contribution is 2.37. The topological polar surface area (TPSA) is 35.5 Å². The van der Waals surface area contributed by atoms with Gasteiger partial charge in [0.25, 0.3) is 0 Å². The Hall–Kier alpha value is -1.06. The molecule has 3 heteroatoms. The fraction of sp³-hybridized carbons (Fsp3) is 0.647. The van der Waals surface area contributed by atoms with Gasteiger partial charge in [0.2, 0.25) is 0 Å². The zero-order valence-corrected chi connectivity index (χ0v) is 13.0. The van der Waals surface area contributed by atoms with Gasteiger partial charge in [0, 0.05) is 24.8 Å². The lowest BCUT2D eigenvalue weighted by atomic mass is 9.85. The molecule has 1 aromatic carbocycles. The molecule has 1 fully saturated rings. The van der Waals surface area contributed by atoms with E-state index in [1.165, 1.54) is 24.1 Å². The van der Waals surface area contributed by atoms with Gasteiger partial charge in [-0.15, -0.1) is 0 Å². The number of hydrogen-bond donors (Lipinski definition) is 2. The second kappa shape index (κ2) is 6.59. The lowest BCUT2D eigenvalue weighted by Crippen LogP contribution is -2.50. The summed E-state index contributed by atoms with van der Waals surface area (Å²) in [6.07, 6.45) is 4.67. The van der Waals surface area contributed by atoms with Crippen LogP contribution in [0.25, 0.3) is 0 Å². The van der Waals surface area contributed by atoms with Crippen molar-refractivity contribution in [2.24, 2.45) is 5.92 Å². The highest BCUT2D eigenvalue weighted by Gasteiger charge is 2.40. The van der Waals surface area contributed by atoms with E-state index in [4.69, 9.17) is 0 Å². The lowest BCUT2D eigenvalue weighted by Gasteiger charge is -2.35. The maximum Gasteiger partial charge on any atom is 0.0615 e. The van der Waals surface area contributed by atoms with Gasteiger partial charge < -0.3 is 15.3 Å². The number of para-hydroxylation sites is 1. The van der Waals surface area contributed by atoms with Crippen molar-refractivity contribution in [2.45, 2.75) is 38.1 Å². The minimum Gasteiger partial charge on any atom is -0.394 e. The molecule has 2 rings (SSSR count). The summed E-state index contributed by atoms with van der Waals surface area (Å²) in [5.41, 5.74) is 2.58. The molecule has 0 aromatic heterocycles. The Bertz CT molecular complexity index is 429. The van der Waals surface area contributed by atoms with Gasteiger partial charge in [-0.05, 0) is 50.8 Å². The zero-order chi connectivity index (χ0) is 14.6. The molecular weight excluding hydrogens is 248 g/mol. The van der Waals surface area contributed by atoms with Crippen molar-refractivity contribution >= 4 is 5.69 Å². The van der Waals surface area contributed by atoms with E-state index < -0.39 is 0 Å². The van der Waals surface area contributed by atoms with Crippen LogP contribution in [0.5, 0.6) is 0 Å². The van der Waals surface area contributed by atoms with Crippen molar-refractivity contribution in [2.75, 3.05) is 32.1 Å². The average Bonchev–Trinajstić information content (AvgIpc) is 2.88. The normalized spacial score (nSPS) is 25.9. The molecule has 112 valence electrons. The van der Waals surface area contributed by atoms with Crippen molar-refractivity contribution in [1.82, 2.24) is 5.32 Å². The van der Waals surface area contributed by atoms with Crippen LogP contribution in [0.3, 0.4) is 0 Å². The number of aliphatic hydroxyl groups excluding tert-OH is 1. The predicted molar refractivity (Wildman–Crippen MR) is 85.3 cm³/mol. The van der Waals surface area contributed by atoms with Gasteiger partial charge in [-0.25, -0.2) is 0 Å². The molecule has 0 bridgehead atoms. The molecule has 2 N–H and O–H groups in total. The van der Waals surface area contributed by atoms with Crippen LogP contribution in [0.15, 0.2) is 24.3 Å². The molecule has 2 unspecified atom stereocenters. The highest BCUT2D eigenvalue weighted by atomic mass is 16.3. The summed E-state index contributed by atoms with van der Waals surface area (Å²) in [5, 5.41) is 13.1. The van der Waals surface area contributed by atoms with Gasteiger partial charge >= 0.3 is 0 Å². The Labute approximate surface area is 123 Å². The Balaban J connectivity index is 1.97. The summed E-state index contributed by atoms with van der Waals surface area (Å²) in [5.74, 6) is 0.573. The van der Waals surface area contributed by atoms with E-state index in [0.717, 1.165) is 19.4 Å². The summed E-state index contributed by atoms with van der Waals surface area (Å²) in [4.78, 5) is 2.34. The van der Waals surface area contributed by atoms with Crippen LogP contribution in [-0.4, -0.2) is 37.9 Å². The molecule has 1 aromatic rings. The quantitative estimate of drug-likeness (QED) is 0.838. The van der Waals surface area contributed by atoms with Crippen LogP contribution in [0.2, 0.25) is 0 Å². The van der Waals surface area contributed by atoms with Crippen molar-refractivity contribution in [3.8, 4) is 0 Å². The van der Waals surface area contributed by atoms with Crippen molar-refractivity contribution in [1.29, 1.82) is 0 Å². The van der Waals surface area contributed by atoms with E-state index in [9.17, 15) is 5.11 Å². The van der Waals surface area contributed by atoms with Gasteiger partial charge in [-0.2, -0.15) is 0 Å². The van der Waals surface area contributed by atoms with Crippen molar-refractivity contribution < 1.29 is 5.11 Å². The third-order valence-electron chi connectivity index (χ3n) is 5.08. The molecule has 2 atom stereocenters. The first-order chi connectivity index (χ1) is 9.63. The molecule has 0 aliphatic heterocycles. The van der Waals surface area contributed by atoms with E-state index in [0.29, 0.717) is 5.92 Å². The van der Waals surface area contributed by atoms with Gasteiger partial charge in [-0.1, -0.05) is 24.6 Å². The maximum atomic E-state index is 9.74. The standard InChI is InChI=1S/C17H28N2O/c1-14-7-4-5-9-16(14)19(3)12-10-15-8-6-11-17(15,13-20)18-2/h4-5,7,9,15,18,20H,6,8,10-13H2,1-3H3. The van der Waals surface area contributed by atoms with Gasteiger partial charge in [0.05, 0.1) is 6.61 Å². The molecule has 1 aliphatic carbocycles. The molecule has 1 saturated carbocycles. The van der Waals surface area contributed by atoms with Crippen molar-refractivity contribution in [3.05, 3.63) is 29.8 Å². The SMILES string of the molecule is CNC1(CO)CCCC1CCN(C)c1ccccc1C. The van der Waals surface area contributed by atoms with Crippen LogP contribution in [0, 0.1) is 12.8 Å². The molecule has 0 amide bonds. The number of likely N-dealkylation sites (N-methyl/N-ethyl adjacent to an activating group) is 1. The third kappa shape index (κ3) is 2.99. The van der Waals surface area contributed by atoms with Crippen LogP contribution in [0.4, 0.5) is 5.69 Å². The van der Waals surface area contributed by atoms with Crippen LogP contribution in [0.1, 0.15) is 31.2 Å². The number of aryl methyl sites for hydroxylation is 1. The number of rotatable bonds is 6. The van der Waals surface area contributed by atoms with Crippen molar-refractivity contribution in [3.63, 3.8) is 0 Å². The molecular formula is C17H28N2O. The largest absolute Gasteiger partial charge is 0.394 e. The minimum atomic E-state index is -0.0490. The Morgan fingerprint density at radius 2 is 2.15 bits per heavy atom. The molecule has 0 heterocycles. The number of anilines is 1. The monoisotopic (exact) mass is 276 g/mol. The maximum absolute atomic E-state index is 9.74. The van der Waals surface area contributed by atoms with E-state index in [2.05, 4.69) is 48.5 Å². The number of aliphatic hydroxyl groups is 1. The van der Waals surface area contributed by atoms with Crippen LogP contribution in [-0.2, 0) is 0 Å². The first-order valence-electron chi connectivity index (χ1n) is 7.69. The predicted octanol–water partition coefficient (Wildman–Crippen LogP) is 2.57. The Morgan fingerprint density at radius 1 is 1.40 bits per heavy atom. The molecule has 0 saturated heterocycles. The van der Waals surface area contributed by atoms with Gasteiger partial charge in [-0.3, -0.25) is 0 Å². The smallest absolute Gasteiger partial charge is 0.0615 e. The number of hydrogen-bond acceptors (Lipinski definition) is 3. The van der Waals surface area contributed by atoms with E-state index in [1.54, 1.807) is 0 Å². The van der Waals surface area contributed by atoms with Gasteiger partial charge in [0.1, 0.15) is 0 Å². The van der Waals surface area contributed by atoms with Gasteiger partial charge in [0.15, 0.2) is 0 Å². The minimum absolute atomic E-state index is 0.0490. The van der Waals surface area contributed by atoms with E-state index >= 15 is 0 Å². The second-order valence-corrected chi connectivity index (χ2v) is 6.15. The fourth-order valence-corrected chi connectivity index (χ4v) is 3.64. The summed E-state index contributed by atoms with van der Waals surface area (Å²) in [7, 11) is 4.15. The first kappa shape index (κ1) is 15.3. The fourth-order valence-electron chi connectivity index (χ4n) is 3.64. The number of nitrogens with one attached hydrogen (secondary N) is 1. The number of benzene rings is 1. The molecule has 0 spiro atoms. The first-order valence-corrected chi connectivity index (χ1v) is 7.69. The van der Waals surface area contributed by atoms with E-state index in [-0.39, 0.29) is 12.1 Å². The van der Waals surface area contributed by atoms with Crippen LogP contribution < -0.4 is 10.2 Å². The summed E-state index contributed by atoms with van der Waals surface area (Å²) in [6.45, 7) is 3.45. The summed E-state index contributed by atoms with van der Waals surface area (Å²) in [6, 6.07) is 8.52. The lowest BCUT2D eigenvalue weighted by molar-refractivity contribution is 0.128. The summed E-state index contributed by atoms with van der Waals surface area (Å²) >= 11 is 0. The Kier molecular flexibility index (Phi) is 5.06. The zero-order valence-electron chi connectivity index (χ0n) is 13.0. The molecule has 20 heavy (non-hydrogen) atoms. The molecule has 3 nitrogen and oxygen atoms in total. The second-order valence-electron chi connectivity index (χ2n) is 6.15. The third-order valence-corrected chi connectivity index (χ3v) is 5.08. The highest BCUT2D eigenvalue weighted by molar-refractivity contribution is 5.52. The average molecular weight is 276 g/mol. The van der Waals surface area contributed by atoms with E-state index in [1.807, 2.05) is 7.05 Å². The van der Waals surface area contributed by atoms with Crippen LogP contribution >= 0.6 is 0 Å². The molecule has 1 aliphatic rings. The summed E-state index contributed by atoms with van der Waals surface area (Å²) < 4.78 is 0.